The van der Waals surface area contributed by atoms with Crippen molar-refractivity contribution in [2.75, 3.05) is 7.11 Å². The molecule has 0 saturated carbocycles. The summed E-state index contributed by atoms with van der Waals surface area (Å²) in [5.41, 5.74) is 2.96. The Hall–Kier alpha value is -2.76. The number of rotatable bonds is 4. The lowest BCUT2D eigenvalue weighted by Gasteiger charge is -2.21. The molecular formula is C26H20ClF3OS. The topological polar surface area (TPSA) is 9.23 Å². The molecule has 0 N–H and O–H groups in total. The lowest BCUT2D eigenvalue weighted by atomic mass is 9.87. The summed E-state index contributed by atoms with van der Waals surface area (Å²) in [4.78, 5) is 0.567. The van der Waals surface area contributed by atoms with E-state index in [4.69, 9.17) is 16.3 Å². The van der Waals surface area contributed by atoms with Crippen LogP contribution < -0.4 is 4.74 Å². The molecule has 0 unspecified atom stereocenters. The summed E-state index contributed by atoms with van der Waals surface area (Å²) in [5, 5.41) is 2.33. The van der Waals surface area contributed by atoms with Gasteiger partial charge in [0.25, 0.3) is 0 Å². The highest BCUT2D eigenvalue weighted by molar-refractivity contribution is 7.13. The fourth-order valence-corrected chi connectivity index (χ4v) is 5.05. The van der Waals surface area contributed by atoms with Gasteiger partial charge in [-0.15, -0.1) is 11.3 Å². The van der Waals surface area contributed by atoms with E-state index in [-0.39, 0.29) is 11.1 Å². The molecule has 1 aromatic heterocycles. The van der Waals surface area contributed by atoms with Crippen LogP contribution in [0.1, 0.15) is 16.7 Å². The summed E-state index contributed by atoms with van der Waals surface area (Å²) in [6, 6.07) is 17.1. The van der Waals surface area contributed by atoms with E-state index in [1.165, 1.54) is 11.3 Å². The van der Waals surface area contributed by atoms with Gasteiger partial charge < -0.3 is 4.74 Å². The van der Waals surface area contributed by atoms with Crippen molar-refractivity contribution in [1.29, 1.82) is 0 Å². The predicted molar refractivity (Wildman–Crippen MR) is 127 cm³/mol. The number of thiophene rings is 1. The maximum absolute atomic E-state index is 14.7. The monoisotopic (exact) mass is 472 g/mol. The van der Waals surface area contributed by atoms with E-state index < -0.39 is 11.7 Å². The zero-order valence-corrected chi connectivity index (χ0v) is 19.3. The van der Waals surface area contributed by atoms with E-state index >= 15 is 0 Å². The van der Waals surface area contributed by atoms with Crippen LogP contribution in [-0.2, 0) is 6.18 Å². The van der Waals surface area contributed by atoms with Crippen molar-refractivity contribution in [2.45, 2.75) is 20.0 Å². The number of benzene rings is 3. The van der Waals surface area contributed by atoms with Crippen LogP contribution in [0.4, 0.5) is 13.2 Å². The van der Waals surface area contributed by atoms with Crippen molar-refractivity contribution in [3.63, 3.8) is 0 Å². The second-order valence-electron chi connectivity index (χ2n) is 7.59. The Morgan fingerprint density at radius 3 is 2.19 bits per heavy atom. The van der Waals surface area contributed by atoms with Gasteiger partial charge in [-0.3, -0.25) is 0 Å². The smallest absolute Gasteiger partial charge is 0.417 e. The molecule has 0 spiro atoms. The van der Waals surface area contributed by atoms with Gasteiger partial charge in [0.05, 0.1) is 12.7 Å². The molecule has 0 fully saturated rings. The average Bonchev–Trinajstić information content (AvgIpc) is 3.18. The van der Waals surface area contributed by atoms with Crippen LogP contribution in [0.5, 0.6) is 5.75 Å². The average molecular weight is 473 g/mol. The Bertz CT molecular complexity index is 1290. The summed E-state index contributed by atoms with van der Waals surface area (Å²) in [6.07, 6.45) is -4.56. The molecule has 0 atom stereocenters. The highest BCUT2D eigenvalue weighted by Gasteiger charge is 2.38. The normalized spacial score (nSPS) is 11.6. The van der Waals surface area contributed by atoms with Gasteiger partial charge in [-0.1, -0.05) is 41.9 Å². The SMILES string of the molecule is COc1ccc(-c2ccc(-c3cccc(Cl)c3)c(-c3cc(C)cs3)c2C(F)(F)F)cc1C. The maximum Gasteiger partial charge on any atom is 0.417 e. The van der Waals surface area contributed by atoms with E-state index in [1.807, 2.05) is 19.2 Å². The third-order valence-electron chi connectivity index (χ3n) is 5.31. The molecule has 4 aromatic rings. The molecule has 1 nitrogen and oxygen atoms in total. The van der Waals surface area contributed by atoms with Crippen molar-refractivity contribution in [3.05, 3.63) is 87.8 Å². The van der Waals surface area contributed by atoms with Gasteiger partial charge >= 0.3 is 6.18 Å². The number of ether oxygens (including phenoxy) is 1. The summed E-state index contributed by atoms with van der Waals surface area (Å²) in [7, 11) is 1.54. The highest BCUT2D eigenvalue weighted by Crippen LogP contribution is 2.49. The predicted octanol–water partition coefficient (Wildman–Crippen LogP) is 9.05. The van der Waals surface area contributed by atoms with Crippen LogP contribution in [-0.4, -0.2) is 7.11 Å². The molecule has 1 heterocycles. The van der Waals surface area contributed by atoms with Crippen molar-refractivity contribution in [3.8, 4) is 38.4 Å². The third kappa shape index (κ3) is 4.27. The molecule has 6 heteroatoms. The zero-order chi connectivity index (χ0) is 23.0. The molecule has 164 valence electrons. The van der Waals surface area contributed by atoms with E-state index in [9.17, 15) is 13.2 Å². The number of hydrogen-bond acceptors (Lipinski definition) is 2. The summed E-state index contributed by atoms with van der Waals surface area (Å²) in [5.74, 6) is 0.631. The first-order valence-electron chi connectivity index (χ1n) is 9.89. The molecule has 3 aromatic carbocycles. The van der Waals surface area contributed by atoms with Crippen molar-refractivity contribution in [1.82, 2.24) is 0 Å². The Morgan fingerprint density at radius 2 is 1.59 bits per heavy atom. The number of alkyl halides is 3. The standard InChI is InChI=1S/C26H20ClF3OS/c1-15-11-23(32-14-15)24-20(17-5-4-6-19(27)13-17)8-9-21(25(24)26(28,29)30)18-7-10-22(31-3)16(2)12-18/h4-14H,1-3H3. The van der Waals surface area contributed by atoms with Gasteiger partial charge in [0, 0.05) is 15.5 Å². The lowest BCUT2D eigenvalue weighted by Crippen LogP contribution is -2.10. The highest BCUT2D eigenvalue weighted by atomic mass is 35.5. The van der Waals surface area contributed by atoms with Crippen LogP contribution >= 0.6 is 22.9 Å². The lowest BCUT2D eigenvalue weighted by molar-refractivity contribution is -0.136. The molecule has 0 bridgehead atoms. The van der Waals surface area contributed by atoms with Crippen molar-refractivity contribution < 1.29 is 17.9 Å². The van der Waals surface area contributed by atoms with Crippen LogP contribution in [0.25, 0.3) is 32.7 Å². The minimum Gasteiger partial charge on any atom is -0.496 e. The van der Waals surface area contributed by atoms with Crippen LogP contribution in [0.15, 0.2) is 66.0 Å². The molecule has 0 aliphatic carbocycles. The van der Waals surface area contributed by atoms with Gasteiger partial charge in [0.2, 0.25) is 0 Å². The minimum atomic E-state index is -4.56. The molecule has 0 amide bonds. The summed E-state index contributed by atoms with van der Waals surface area (Å²) >= 11 is 7.47. The molecule has 0 saturated heterocycles. The Balaban J connectivity index is 2.08. The Kier molecular flexibility index (Phi) is 6.06. The van der Waals surface area contributed by atoms with Crippen LogP contribution in [0, 0.1) is 13.8 Å². The molecular weight excluding hydrogens is 453 g/mol. The number of aryl methyl sites for hydroxylation is 2. The Labute approximate surface area is 194 Å². The number of hydrogen-bond donors (Lipinski definition) is 0. The first-order chi connectivity index (χ1) is 15.2. The minimum absolute atomic E-state index is 0.134. The quantitative estimate of drug-likeness (QED) is 0.288. The maximum atomic E-state index is 14.7. The van der Waals surface area contributed by atoms with Crippen LogP contribution in [0.2, 0.25) is 5.02 Å². The van der Waals surface area contributed by atoms with Crippen molar-refractivity contribution in [2.24, 2.45) is 0 Å². The summed E-state index contributed by atoms with van der Waals surface area (Å²) < 4.78 is 49.3. The first-order valence-corrected chi connectivity index (χ1v) is 11.2. The fourth-order valence-electron chi connectivity index (χ4n) is 3.90. The van der Waals surface area contributed by atoms with Gasteiger partial charge in [-0.2, -0.15) is 13.2 Å². The molecule has 0 radical (unpaired) electrons. The third-order valence-corrected chi connectivity index (χ3v) is 6.61. The first kappa shape index (κ1) is 22.4. The molecule has 32 heavy (non-hydrogen) atoms. The molecule has 4 rings (SSSR count). The molecule has 0 aliphatic rings. The van der Waals surface area contributed by atoms with Gasteiger partial charge in [0.15, 0.2) is 0 Å². The van der Waals surface area contributed by atoms with Gasteiger partial charge in [0.1, 0.15) is 5.75 Å². The second-order valence-corrected chi connectivity index (χ2v) is 8.94. The van der Waals surface area contributed by atoms with E-state index in [0.717, 1.165) is 11.1 Å². The van der Waals surface area contributed by atoms with E-state index in [0.29, 0.717) is 32.3 Å². The Morgan fingerprint density at radius 1 is 0.875 bits per heavy atom. The fraction of sp³-hybridized carbons (Fsp3) is 0.154. The van der Waals surface area contributed by atoms with Crippen molar-refractivity contribution >= 4 is 22.9 Å². The molecule has 0 aliphatic heterocycles. The number of halogens is 4. The summed E-state index contributed by atoms with van der Waals surface area (Å²) in [6.45, 7) is 3.70. The largest absolute Gasteiger partial charge is 0.496 e. The van der Waals surface area contributed by atoms with E-state index in [1.54, 1.807) is 67.8 Å². The van der Waals surface area contributed by atoms with Gasteiger partial charge in [-0.25, -0.2) is 0 Å². The van der Waals surface area contributed by atoms with Gasteiger partial charge in [-0.05, 0) is 82.9 Å². The zero-order valence-electron chi connectivity index (χ0n) is 17.7. The van der Waals surface area contributed by atoms with Crippen LogP contribution in [0.3, 0.4) is 0 Å². The van der Waals surface area contributed by atoms with E-state index in [2.05, 4.69) is 0 Å². The number of methoxy groups -OCH3 is 1. The second kappa shape index (κ2) is 8.64.